The molecule has 0 spiro atoms. The summed E-state index contributed by atoms with van der Waals surface area (Å²) < 4.78 is 0. The fourth-order valence-corrected chi connectivity index (χ4v) is 2.17. The monoisotopic (exact) mass is 205 g/mol. The predicted molar refractivity (Wildman–Crippen MR) is 63.7 cm³/mol. The Balaban J connectivity index is 2.57. The van der Waals surface area contributed by atoms with Crippen molar-refractivity contribution in [3.05, 3.63) is 23.0 Å². The maximum atomic E-state index is 4.63. The summed E-state index contributed by atoms with van der Waals surface area (Å²) in [6.45, 7) is 4.46. The quantitative estimate of drug-likeness (QED) is 0.737. The van der Waals surface area contributed by atoms with Gasteiger partial charge >= 0.3 is 0 Å². The van der Waals surface area contributed by atoms with Crippen LogP contribution in [0.3, 0.4) is 0 Å². The zero-order valence-corrected chi connectivity index (χ0v) is 9.99. The van der Waals surface area contributed by atoms with Crippen molar-refractivity contribution in [1.29, 1.82) is 0 Å². The molecule has 0 N–H and O–H groups in total. The molecule has 1 heterocycles. The van der Waals surface area contributed by atoms with Gasteiger partial charge in [-0.2, -0.15) is 9.89 Å². The zero-order valence-electron chi connectivity index (χ0n) is 9.99. The first-order valence-corrected chi connectivity index (χ1v) is 5.57. The number of aromatic nitrogens is 2. The number of hydrogen-bond acceptors (Lipinski definition) is 2. The van der Waals surface area contributed by atoms with E-state index >= 15 is 0 Å². The number of nitrogens with zero attached hydrogens (tertiary/aromatic N) is 3. The lowest BCUT2D eigenvalue weighted by Crippen LogP contribution is -2.28. The highest BCUT2D eigenvalue weighted by Gasteiger charge is 2.20. The second kappa shape index (κ2) is 3.72. The van der Waals surface area contributed by atoms with Crippen LogP contribution in [0.2, 0.25) is 0 Å². The van der Waals surface area contributed by atoms with Gasteiger partial charge in [-0.15, -0.1) is 0 Å². The van der Waals surface area contributed by atoms with Crippen LogP contribution in [0, 0.1) is 0 Å². The van der Waals surface area contributed by atoms with Crippen molar-refractivity contribution in [2.75, 3.05) is 19.1 Å². The van der Waals surface area contributed by atoms with E-state index in [1.807, 2.05) is 23.9 Å². The summed E-state index contributed by atoms with van der Waals surface area (Å²) in [7, 11) is 4.07. The number of rotatable bonds is 2. The topological polar surface area (TPSA) is 21.1 Å². The van der Waals surface area contributed by atoms with Gasteiger partial charge in [0.1, 0.15) is 0 Å². The van der Waals surface area contributed by atoms with Crippen molar-refractivity contribution < 1.29 is 0 Å². The van der Waals surface area contributed by atoms with Crippen LogP contribution in [0.15, 0.2) is 6.08 Å². The third-order valence-electron chi connectivity index (χ3n) is 2.80. The lowest BCUT2D eigenvalue weighted by Gasteiger charge is -2.19. The minimum atomic E-state index is 0.523. The molecular weight excluding hydrogens is 186 g/mol. The number of fused-ring (bicyclic) bond motifs is 1. The average Bonchev–Trinajstić information content (AvgIpc) is 2.56. The van der Waals surface area contributed by atoms with Crippen LogP contribution in [-0.2, 0) is 6.42 Å². The smallest absolute Gasteiger partial charge is 0.0903 e. The van der Waals surface area contributed by atoms with Crippen molar-refractivity contribution >= 4 is 6.08 Å². The molecule has 82 valence electrons. The molecule has 3 heteroatoms. The normalized spacial score (nSPS) is 14.5. The van der Waals surface area contributed by atoms with E-state index in [0.717, 1.165) is 18.5 Å². The first kappa shape index (κ1) is 10.3. The first-order chi connectivity index (χ1) is 7.11. The van der Waals surface area contributed by atoms with Gasteiger partial charge < -0.3 is 5.01 Å². The Labute approximate surface area is 91.4 Å². The van der Waals surface area contributed by atoms with Crippen LogP contribution in [0.1, 0.15) is 43.1 Å². The molecule has 0 atom stereocenters. The molecule has 3 nitrogen and oxygen atoms in total. The standard InChI is InChI=1S/C12H19N3/c1-9(2)12-10-7-5-6-8-11(10)13-15(12)14(3)4/h6,8-9H,5,7H2,1-4H3. The highest BCUT2D eigenvalue weighted by Crippen LogP contribution is 2.27. The van der Waals surface area contributed by atoms with E-state index in [0.29, 0.717) is 5.92 Å². The highest BCUT2D eigenvalue weighted by atomic mass is 15.6. The molecule has 0 saturated heterocycles. The van der Waals surface area contributed by atoms with Crippen LogP contribution in [0.4, 0.5) is 0 Å². The van der Waals surface area contributed by atoms with E-state index in [1.54, 1.807) is 0 Å². The summed E-state index contributed by atoms with van der Waals surface area (Å²) in [5.41, 5.74) is 3.94. The Kier molecular flexibility index (Phi) is 2.55. The van der Waals surface area contributed by atoms with Crippen molar-refractivity contribution in [2.45, 2.75) is 32.6 Å². The van der Waals surface area contributed by atoms with Gasteiger partial charge in [0.05, 0.1) is 11.4 Å². The lowest BCUT2D eigenvalue weighted by atomic mass is 9.97. The van der Waals surface area contributed by atoms with Gasteiger partial charge in [0.2, 0.25) is 0 Å². The van der Waals surface area contributed by atoms with Crippen molar-refractivity contribution in [3.8, 4) is 0 Å². The summed E-state index contributed by atoms with van der Waals surface area (Å²) in [4.78, 5) is 2.03. The number of allylic oxidation sites excluding steroid dienone is 1. The van der Waals surface area contributed by atoms with Gasteiger partial charge in [0.15, 0.2) is 0 Å². The second-order valence-electron chi connectivity index (χ2n) is 4.58. The zero-order chi connectivity index (χ0) is 11.0. The van der Waals surface area contributed by atoms with Crippen molar-refractivity contribution in [2.24, 2.45) is 0 Å². The molecule has 0 aliphatic heterocycles. The summed E-state index contributed by atoms with van der Waals surface area (Å²) in [6.07, 6.45) is 6.63. The van der Waals surface area contributed by atoms with Crippen LogP contribution in [0.5, 0.6) is 0 Å². The lowest BCUT2D eigenvalue weighted by molar-refractivity contribution is 0.580. The largest absolute Gasteiger partial charge is 0.303 e. The van der Waals surface area contributed by atoms with Gasteiger partial charge in [-0.25, -0.2) is 0 Å². The molecule has 15 heavy (non-hydrogen) atoms. The van der Waals surface area contributed by atoms with E-state index < -0.39 is 0 Å². The minimum Gasteiger partial charge on any atom is -0.303 e. The third-order valence-corrected chi connectivity index (χ3v) is 2.80. The van der Waals surface area contributed by atoms with Crippen LogP contribution >= 0.6 is 0 Å². The van der Waals surface area contributed by atoms with E-state index in [-0.39, 0.29) is 0 Å². The van der Waals surface area contributed by atoms with Gasteiger partial charge in [-0.05, 0) is 24.8 Å². The van der Waals surface area contributed by atoms with Crippen LogP contribution in [-0.4, -0.2) is 24.0 Å². The molecule has 1 aliphatic rings. The molecule has 0 amide bonds. The molecule has 0 bridgehead atoms. The highest BCUT2D eigenvalue weighted by molar-refractivity contribution is 5.54. The third kappa shape index (κ3) is 1.66. The molecule has 0 saturated carbocycles. The van der Waals surface area contributed by atoms with Gasteiger partial charge in [0, 0.05) is 19.7 Å². The van der Waals surface area contributed by atoms with Crippen molar-refractivity contribution in [3.63, 3.8) is 0 Å². The molecule has 0 unspecified atom stereocenters. The Morgan fingerprint density at radius 2 is 2.13 bits per heavy atom. The van der Waals surface area contributed by atoms with Crippen LogP contribution in [0.25, 0.3) is 6.08 Å². The summed E-state index contributed by atoms with van der Waals surface area (Å²) in [5, 5.41) is 6.67. The second-order valence-corrected chi connectivity index (χ2v) is 4.58. The maximum absolute atomic E-state index is 4.63. The molecule has 0 fully saturated rings. The summed E-state index contributed by atoms with van der Waals surface area (Å²) >= 11 is 0. The molecule has 1 aromatic rings. The van der Waals surface area contributed by atoms with E-state index in [2.05, 4.69) is 31.1 Å². The minimum absolute atomic E-state index is 0.523. The molecule has 1 aromatic heterocycles. The van der Waals surface area contributed by atoms with Crippen LogP contribution < -0.4 is 5.01 Å². The Bertz CT molecular complexity index is 386. The average molecular weight is 205 g/mol. The molecule has 0 radical (unpaired) electrons. The molecule has 2 rings (SSSR count). The molecule has 1 aliphatic carbocycles. The Hall–Kier alpha value is -1.25. The van der Waals surface area contributed by atoms with E-state index in [4.69, 9.17) is 0 Å². The van der Waals surface area contributed by atoms with E-state index in [9.17, 15) is 0 Å². The number of hydrogen-bond donors (Lipinski definition) is 0. The van der Waals surface area contributed by atoms with E-state index in [1.165, 1.54) is 11.3 Å². The Morgan fingerprint density at radius 3 is 2.73 bits per heavy atom. The van der Waals surface area contributed by atoms with Gasteiger partial charge in [0.25, 0.3) is 0 Å². The van der Waals surface area contributed by atoms with Gasteiger partial charge in [-0.3, -0.25) is 0 Å². The van der Waals surface area contributed by atoms with Crippen molar-refractivity contribution in [1.82, 2.24) is 9.89 Å². The first-order valence-electron chi connectivity index (χ1n) is 5.57. The Morgan fingerprint density at radius 1 is 1.40 bits per heavy atom. The summed E-state index contributed by atoms with van der Waals surface area (Å²) in [6, 6.07) is 0. The fourth-order valence-electron chi connectivity index (χ4n) is 2.17. The fraction of sp³-hybridized carbons (Fsp3) is 0.583. The predicted octanol–water partition coefficient (Wildman–Crippen LogP) is 2.16. The van der Waals surface area contributed by atoms with Gasteiger partial charge in [-0.1, -0.05) is 19.9 Å². The summed E-state index contributed by atoms with van der Waals surface area (Å²) in [5.74, 6) is 0.523. The molecule has 0 aromatic carbocycles. The molecular formula is C12H19N3. The maximum Gasteiger partial charge on any atom is 0.0903 e. The SMILES string of the molecule is CC(C)c1c2c(nn1N(C)C)C=CCC2.